The Morgan fingerprint density at radius 3 is 2.56 bits per heavy atom. The van der Waals surface area contributed by atoms with Crippen LogP contribution in [-0.2, 0) is 16.8 Å². The molecule has 0 atom stereocenters. The molecule has 0 saturated carbocycles. The molecular weight excluding hydrogens is 275 g/mol. The average Bonchev–Trinajstić information content (AvgIpc) is 2.60. The standard InChI is InChI=1S/C7H12F3N5O2S/c8-7(9,10)5-14-18(16,17)13-1-2-15-4-6(11)3-12-15/h3-4,13-14H,1-2,5,11H2. The molecule has 0 aromatic carbocycles. The summed E-state index contributed by atoms with van der Waals surface area (Å²) < 4.78 is 62.3. The van der Waals surface area contributed by atoms with Crippen LogP contribution < -0.4 is 15.2 Å². The van der Waals surface area contributed by atoms with Gasteiger partial charge in [-0.15, -0.1) is 0 Å². The van der Waals surface area contributed by atoms with Crippen molar-refractivity contribution in [1.29, 1.82) is 0 Å². The lowest BCUT2D eigenvalue weighted by atomic mass is 10.6. The number of hydrogen-bond acceptors (Lipinski definition) is 4. The molecule has 104 valence electrons. The molecule has 0 aliphatic rings. The Hall–Kier alpha value is -1.33. The number of anilines is 1. The summed E-state index contributed by atoms with van der Waals surface area (Å²) >= 11 is 0. The maximum Gasteiger partial charge on any atom is 0.402 e. The lowest BCUT2D eigenvalue weighted by molar-refractivity contribution is -0.121. The minimum absolute atomic E-state index is 0.103. The van der Waals surface area contributed by atoms with Crippen molar-refractivity contribution in [2.45, 2.75) is 12.7 Å². The third-order valence-electron chi connectivity index (χ3n) is 1.75. The van der Waals surface area contributed by atoms with E-state index in [4.69, 9.17) is 5.73 Å². The van der Waals surface area contributed by atoms with Gasteiger partial charge in [0.2, 0.25) is 0 Å². The summed E-state index contributed by atoms with van der Waals surface area (Å²) in [4.78, 5) is 0. The Labute approximate surface area is 101 Å². The minimum Gasteiger partial charge on any atom is -0.396 e. The molecule has 0 spiro atoms. The lowest BCUT2D eigenvalue weighted by Gasteiger charge is -2.10. The Bertz CT molecular complexity index is 484. The quantitative estimate of drug-likeness (QED) is 0.653. The van der Waals surface area contributed by atoms with E-state index in [2.05, 4.69) is 5.10 Å². The van der Waals surface area contributed by atoms with Crippen molar-refractivity contribution in [2.75, 3.05) is 18.8 Å². The van der Waals surface area contributed by atoms with Crippen molar-refractivity contribution in [1.82, 2.24) is 19.2 Å². The van der Waals surface area contributed by atoms with E-state index in [1.807, 2.05) is 4.72 Å². The molecule has 1 rings (SSSR count). The van der Waals surface area contributed by atoms with Crippen molar-refractivity contribution >= 4 is 15.9 Å². The van der Waals surface area contributed by atoms with Crippen molar-refractivity contribution in [3.05, 3.63) is 12.4 Å². The van der Waals surface area contributed by atoms with Crippen LogP contribution in [0.4, 0.5) is 18.9 Å². The van der Waals surface area contributed by atoms with Crippen molar-refractivity contribution in [3.8, 4) is 0 Å². The Morgan fingerprint density at radius 2 is 2.06 bits per heavy atom. The first-order valence-corrected chi connectivity index (χ1v) is 6.25. The third-order valence-corrected chi connectivity index (χ3v) is 2.86. The van der Waals surface area contributed by atoms with Gasteiger partial charge in [-0.3, -0.25) is 4.68 Å². The fourth-order valence-corrected chi connectivity index (χ4v) is 1.84. The smallest absolute Gasteiger partial charge is 0.396 e. The van der Waals surface area contributed by atoms with Gasteiger partial charge in [-0.1, -0.05) is 0 Å². The summed E-state index contributed by atoms with van der Waals surface area (Å²) in [5.41, 5.74) is 5.78. The van der Waals surface area contributed by atoms with Gasteiger partial charge in [0.1, 0.15) is 6.54 Å². The Morgan fingerprint density at radius 1 is 1.39 bits per heavy atom. The monoisotopic (exact) mass is 287 g/mol. The molecule has 0 fully saturated rings. The molecule has 1 aromatic rings. The van der Waals surface area contributed by atoms with Gasteiger partial charge in [-0.25, -0.2) is 4.72 Å². The van der Waals surface area contributed by atoms with E-state index in [9.17, 15) is 21.6 Å². The Balaban J connectivity index is 2.33. The number of halogens is 3. The minimum atomic E-state index is -4.59. The molecule has 0 aliphatic heterocycles. The van der Waals surface area contributed by atoms with Crippen LogP contribution in [-0.4, -0.2) is 37.5 Å². The molecule has 1 aromatic heterocycles. The normalized spacial score (nSPS) is 12.8. The fraction of sp³-hybridized carbons (Fsp3) is 0.571. The highest BCUT2D eigenvalue weighted by atomic mass is 32.2. The molecule has 0 radical (unpaired) electrons. The van der Waals surface area contributed by atoms with Crippen LogP contribution in [0.1, 0.15) is 0 Å². The Kier molecular flexibility index (Phi) is 4.53. The van der Waals surface area contributed by atoms with Crippen LogP contribution >= 0.6 is 0 Å². The van der Waals surface area contributed by atoms with Crippen molar-refractivity contribution < 1.29 is 21.6 Å². The highest BCUT2D eigenvalue weighted by Gasteiger charge is 2.29. The summed E-state index contributed by atoms with van der Waals surface area (Å²) in [6.45, 7) is -1.56. The van der Waals surface area contributed by atoms with Crippen LogP contribution in [0.2, 0.25) is 0 Å². The number of alkyl halides is 3. The van der Waals surface area contributed by atoms with Gasteiger partial charge in [-0.05, 0) is 0 Å². The van der Waals surface area contributed by atoms with Crippen LogP contribution in [0.5, 0.6) is 0 Å². The van der Waals surface area contributed by atoms with Crippen LogP contribution in [0.25, 0.3) is 0 Å². The summed E-state index contributed by atoms with van der Waals surface area (Å²) in [6, 6.07) is 0. The third kappa shape index (κ3) is 5.84. The number of nitrogens with two attached hydrogens (primary N) is 1. The topological polar surface area (TPSA) is 102 Å². The molecule has 0 aliphatic carbocycles. The van der Waals surface area contributed by atoms with E-state index >= 15 is 0 Å². The molecule has 1 heterocycles. The molecule has 0 saturated heterocycles. The first-order valence-electron chi connectivity index (χ1n) is 4.77. The van der Waals surface area contributed by atoms with Crippen molar-refractivity contribution in [2.24, 2.45) is 0 Å². The SMILES string of the molecule is Nc1cnn(CCNS(=O)(=O)NCC(F)(F)F)c1. The second-order valence-corrected chi connectivity index (χ2v) is 4.96. The zero-order valence-corrected chi connectivity index (χ0v) is 9.92. The summed E-state index contributed by atoms with van der Waals surface area (Å²) in [5, 5.41) is 3.78. The average molecular weight is 287 g/mol. The number of rotatable bonds is 6. The van der Waals surface area contributed by atoms with E-state index in [0.717, 1.165) is 0 Å². The molecule has 18 heavy (non-hydrogen) atoms. The van der Waals surface area contributed by atoms with Gasteiger partial charge in [0.25, 0.3) is 10.2 Å². The van der Waals surface area contributed by atoms with E-state index in [1.54, 1.807) is 0 Å². The van der Waals surface area contributed by atoms with Gasteiger partial charge < -0.3 is 5.73 Å². The lowest BCUT2D eigenvalue weighted by Crippen LogP contribution is -2.42. The molecule has 0 unspecified atom stereocenters. The molecular formula is C7H12F3N5O2S. The second-order valence-electron chi connectivity index (χ2n) is 3.37. The number of nitrogens with zero attached hydrogens (tertiary/aromatic N) is 2. The molecule has 4 N–H and O–H groups in total. The zero-order chi connectivity index (χ0) is 13.8. The van der Waals surface area contributed by atoms with Gasteiger partial charge in [0.15, 0.2) is 0 Å². The highest BCUT2D eigenvalue weighted by molar-refractivity contribution is 7.87. The zero-order valence-electron chi connectivity index (χ0n) is 9.11. The molecule has 11 heteroatoms. The summed E-state index contributed by atoms with van der Waals surface area (Å²) in [6.07, 6.45) is -1.75. The van der Waals surface area contributed by atoms with Gasteiger partial charge in [-0.2, -0.15) is 31.4 Å². The highest BCUT2D eigenvalue weighted by Crippen LogP contribution is 2.12. The predicted octanol–water partition coefficient (Wildman–Crippen LogP) is -0.548. The second kappa shape index (κ2) is 5.54. The van der Waals surface area contributed by atoms with Crippen LogP contribution in [0.15, 0.2) is 12.4 Å². The maximum absolute atomic E-state index is 11.8. The van der Waals surface area contributed by atoms with E-state index < -0.39 is 22.9 Å². The van der Waals surface area contributed by atoms with E-state index in [-0.39, 0.29) is 13.1 Å². The van der Waals surface area contributed by atoms with E-state index in [1.165, 1.54) is 21.8 Å². The van der Waals surface area contributed by atoms with Gasteiger partial charge >= 0.3 is 6.18 Å². The number of nitrogens with one attached hydrogen (secondary N) is 2. The molecule has 0 amide bonds. The maximum atomic E-state index is 11.8. The van der Waals surface area contributed by atoms with E-state index in [0.29, 0.717) is 5.69 Å². The molecule has 0 bridgehead atoms. The molecule has 7 nitrogen and oxygen atoms in total. The first-order chi connectivity index (χ1) is 8.18. The number of aromatic nitrogens is 2. The summed E-state index contributed by atoms with van der Waals surface area (Å²) in [7, 11) is -4.17. The predicted molar refractivity (Wildman–Crippen MR) is 57.6 cm³/mol. The number of nitrogen functional groups attached to an aromatic ring is 1. The van der Waals surface area contributed by atoms with Crippen molar-refractivity contribution in [3.63, 3.8) is 0 Å². The van der Waals surface area contributed by atoms with Gasteiger partial charge in [0, 0.05) is 12.7 Å². The van der Waals surface area contributed by atoms with Gasteiger partial charge in [0.05, 0.1) is 18.4 Å². The largest absolute Gasteiger partial charge is 0.402 e. The number of hydrogen-bond donors (Lipinski definition) is 3. The fourth-order valence-electron chi connectivity index (χ4n) is 1.02. The van der Waals surface area contributed by atoms with Crippen LogP contribution in [0, 0.1) is 0 Å². The van der Waals surface area contributed by atoms with Crippen LogP contribution in [0.3, 0.4) is 0 Å². The first kappa shape index (κ1) is 14.7. The summed E-state index contributed by atoms with van der Waals surface area (Å²) in [5.74, 6) is 0.